The fourth-order valence-electron chi connectivity index (χ4n) is 2.12. The molecule has 0 amide bonds. The van der Waals surface area contributed by atoms with Gasteiger partial charge in [0.15, 0.2) is 0 Å². The fourth-order valence-corrected chi connectivity index (χ4v) is 2.53. The Bertz CT molecular complexity index is 644. The second-order valence-electron chi connectivity index (χ2n) is 4.33. The predicted octanol–water partition coefficient (Wildman–Crippen LogP) is 4.72. The van der Waals surface area contributed by atoms with E-state index in [4.69, 9.17) is 23.2 Å². The Hall–Kier alpha value is -1.30. The van der Waals surface area contributed by atoms with Gasteiger partial charge in [-0.25, -0.2) is 0 Å². The normalized spacial score (nSPS) is 13.2. The number of hydrogen-bond acceptors (Lipinski definition) is 2. The molecule has 1 heterocycles. The van der Waals surface area contributed by atoms with Crippen molar-refractivity contribution >= 4 is 23.2 Å². The molecule has 7 heteroatoms. The van der Waals surface area contributed by atoms with E-state index in [9.17, 15) is 13.2 Å². The number of benzene rings is 1. The molecule has 0 saturated heterocycles. The Kier molecular flexibility index (Phi) is 4.76. The molecule has 1 N–H and O–H groups in total. The molecule has 0 aliphatic heterocycles. The zero-order chi connectivity index (χ0) is 15.6. The van der Waals surface area contributed by atoms with Crippen molar-refractivity contribution in [1.29, 1.82) is 0 Å². The number of pyridine rings is 1. The van der Waals surface area contributed by atoms with Crippen LogP contribution in [0.25, 0.3) is 0 Å². The summed E-state index contributed by atoms with van der Waals surface area (Å²) in [5.41, 5.74) is -0.297. The Morgan fingerprint density at radius 3 is 2.48 bits per heavy atom. The third kappa shape index (κ3) is 3.31. The van der Waals surface area contributed by atoms with E-state index in [0.29, 0.717) is 5.56 Å². The van der Waals surface area contributed by atoms with Gasteiger partial charge in [0.25, 0.3) is 0 Å². The van der Waals surface area contributed by atoms with E-state index in [1.54, 1.807) is 25.2 Å². The minimum atomic E-state index is -4.47. The first-order valence-electron chi connectivity index (χ1n) is 5.98. The van der Waals surface area contributed by atoms with Gasteiger partial charge in [0.1, 0.15) is 0 Å². The van der Waals surface area contributed by atoms with Crippen LogP contribution in [0.15, 0.2) is 36.7 Å². The summed E-state index contributed by atoms with van der Waals surface area (Å²) < 4.78 is 39.4. The number of aromatic nitrogens is 1. The first-order chi connectivity index (χ1) is 9.86. The van der Waals surface area contributed by atoms with Crippen molar-refractivity contribution in [3.05, 3.63) is 63.4 Å². The van der Waals surface area contributed by atoms with Gasteiger partial charge in [0, 0.05) is 18.0 Å². The topological polar surface area (TPSA) is 24.9 Å². The summed E-state index contributed by atoms with van der Waals surface area (Å²) in [5, 5.41) is 3.33. The lowest BCUT2D eigenvalue weighted by Gasteiger charge is -2.22. The summed E-state index contributed by atoms with van der Waals surface area (Å²) in [7, 11) is 1.55. The number of alkyl halides is 3. The lowest BCUT2D eigenvalue weighted by Crippen LogP contribution is -2.22. The average molecular weight is 335 g/mol. The smallest absolute Gasteiger partial charge is 0.309 e. The molecule has 0 fully saturated rings. The lowest BCUT2D eigenvalue weighted by molar-refractivity contribution is -0.138. The van der Waals surface area contributed by atoms with E-state index in [1.807, 2.05) is 0 Å². The SMILES string of the molecule is CNC(c1cnccc1C(F)(F)F)c1cccc(Cl)c1Cl. The molecule has 0 spiro atoms. The standard InChI is InChI=1S/C14H11Cl2F3N2/c1-20-13(8-3-2-4-11(15)12(8)16)9-7-21-6-5-10(9)14(17,18)19/h2-7,13,20H,1H3. The van der Waals surface area contributed by atoms with Crippen molar-refractivity contribution in [2.45, 2.75) is 12.2 Å². The van der Waals surface area contributed by atoms with Gasteiger partial charge < -0.3 is 5.32 Å². The molecule has 1 aromatic heterocycles. The van der Waals surface area contributed by atoms with Crippen LogP contribution in [0.4, 0.5) is 13.2 Å². The summed E-state index contributed by atoms with van der Waals surface area (Å²) in [6, 6.07) is 5.02. The van der Waals surface area contributed by atoms with Crippen LogP contribution in [0.3, 0.4) is 0 Å². The molecular formula is C14H11Cl2F3N2. The molecule has 0 saturated carbocycles. The van der Waals surface area contributed by atoms with Gasteiger partial charge in [-0.2, -0.15) is 13.2 Å². The summed E-state index contributed by atoms with van der Waals surface area (Å²) in [5.74, 6) is 0. The second-order valence-corrected chi connectivity index (χ2v) is 5.11. The predicted molar refractivity (Wildman–Crippen MR) is 76.6 cm³/mol. The van der Waals surface area contributed by atoms with Crippen molar-refractivity contribution in [2.24, 2.45) is 0 Å². The van der Waals surface area contributed by atoms with Gasteiger partial charge in [0.2, 0.25) is 0 Å². The van der Waals surface area contributed by atoms with Crippen molar-refractivity contribution in [3.63, 3.8) is 0 Å². The highest BCUT2D eigenvalue weighted by molar-refractivity contribution is 6.42. The zero-order valence-corrected chi connectivity index (χ0v) is 12.4. The van der Waals surface area contributed by atoms with E-state index in [-0.39, 0.29) is 15.6 Å². The maximum atomic E-state index is 13.1. The van der Waals surface area contributed by atoms with Crippen LogP contribution in [0.1, 0.15) is 22.7 Å². The van der Waals surface area contributed by atoms with Crippen molar-refractivity contribution in [1.82, 2.24) is 10.3 Å². The number of nitrogens with zero attached hydrogens (tertiary/aromatic N) is 1. The molecule has 2 aromatic rings. The monoisotopic (exact) mass is 334 g/mol. The van der Waals surface area contributed by atoms with Crippen LogP contribution >= 0.6 is 23.2 Å². The quantitative estimate of drug-likeness (QED) is 0.878. The fraction of sp³-hybridized carbons (Fsp3) is 0.214. The Morgan fingerprint density at radius 2 is 1.86 bits per heavy atom. The van der Waals surface area contributed by atoms with Crippen LogP contribution < -0.4 is 5.32 Å². The molecule has 21 heavy (non-hydrogen) atoms. The molecular weight excluding hydrogens is 324 g/mol. The molecule has 0 aliphatic carbocycles. The van der Waals surface area contributed by atoms with Crippen molar-refractivity contribution < 1.29 is 13.2 Å². The maximum Gasteiger partial charge on any atom is 0.416 e. The highest BCUT2D eigenvalue weighted by Gasteiger charge is 2.35. The number of halogens is 5. The van der Waals surface area contributed by atoms with Crippen molar-refractivity contribution in [2.75, 3.05) is 7.05 Å². The van der Waals surface area contributed by atoms with Crippen LogP contribution in [0.2, 0.25) is 10.0 Å². The van der Waals surface area contributed by atoms with Crippen LogP contribution in [-0.2, 0) is 6.18 Å². The van der Waals surface area contributed by atoms with Crippen LogP contribution in [-0.4, -0.2) is 12.0 Å². The molecule has 0 aliphatic rings. The lowest BCUT2D eigenvalue weighted by atomic mass is 9.96. The maximum absolute atomic E-state index is 13.1. The summed E-state index contributed by atoms with van der Waals surface area (Å²) >= 11 is 12.0. The number of nitrogens with one attached hydrogen (secondary N) is 1. The minimum Gasteiger partial charge on any atom is -0.309 e. The highest BCUT2D eigenvalue weighted by atomic mass is 35.5. The first kappa shape index (κ1) is 16.1. The largest absolute Gasteiger partial charge is 0.416 e. The van der Waals surface area contributed by atoms with E-state index in [1.165, 1.54) is 6.20 Å². The Morgan fingerprint density at radius 1 is 1.14 bits per heavy atom. The molecule has 0 bridgehead atoms. The number of hydrogen-bond donors (Lipinski definition) is 1. The molecule has 1 unspecified atom stereocenters. The Labute approximate surface area is 129 Å². The molecule has 0 radical (unpaired) electrons. The second kappa shape index (κ2) is 6.22. The Balaban J connectivity index is 2.60. The van der Waals surface area contributed by atoms with Gasteiger partial charge >= 0.3 is 6.18 Å². The van der Waals surface area contributed by atoms with Gasteiger partial charge in [-0.05, 0) is 24.7 Å². The molecule has 2 nitrogen and oxygen atoms in total. The van der Waals surface area contributed by atoms with Crippen molar-refractivity contribution in [3.8, 4) is 0 Å². The van der Waals surface area contributed by atoms with Gasteiger partial charge in [-0.3, -0.25) is 4.98 Å². The van der Waals surface area contributed by atoms with Crippen LogP contribution in [0, 0.1) is 0 Å². The summed E-state index contributed by atoms with van der Waals surface area (Å²) in [6.45, 7) is 0. The first-order valence-corrected chi connectivity index (χ1v) is 6.74. The molecule has 2 rings (SSSR count). The minimum absolute atomic E-state index is 0.00309. The number of rotatable bonds is 3. The summed E-state index contributed by atoms with van der Waals surface area (Å²) in [6.07, 6.45) is -2.18. The van der Waals surface area contributed by atoms with Gasteiger partial charge in [0.05, 0.1) is 21.7 Å². The van der Waals surface area contributed by atoms with E-state index < -0.39 is 17.8 Å². The van der Waals surface area contributed by atoms with Gasteiger partial charge in [-0.15, -0.1) is 0 Å². The van der Waals surface area contributed by atoms with E-state index in [2.05, 4.69) is 10.3 Å². The molecule has 112 valence electrons. The van der Waals surface area contributed by atoms with Gasteiger partial charge in [-0.1, -0.05) is 35.3 Å². The highest BCUT2D eigenvalue weighted by Crippen LogP contribution is 2.38. The molecule has 1 atom stereocenters. The zero-order valence-electron chi connectivity index (χ0n) is 10.9. The third-order valence-corrected chi connectivity index (χ3v) is 3.88. The van der Waals surface area contributed by atoms with Crippen LogP contribution in [0.5, 0.6) is 0 Å². The average Bonchev–Trinajstić information content (AvgIpc) is 2.44. The van der Waals surface area contributed by atoms with E-state index >= 15 is 0 Å². The van der Waals surface area contributed by atoms with E-state index in [0.717, 1.165) is 12.3 Å². The molecule has 1 aromatic carbocycles. The third-order valence-electron chi connectivity index (χ3n) is 3.05. The summed E-state index contributed by atoms with van der Waals surface area (Å²) in [4.78, 5) is 3.79.